The van der Waals surface area contributed by atoms with Gasteiger partial charge in [0.2, 0.25) is 0 Å². The molecule has 1 saturated carbocycles. The average molecular weight is 188 g/mol. The minimum absolute atomic E-state index is 0.206. The number of carbonyl (C=O) groups is 1. The molecular formula is C8H16N2O3. The standard InChI is InChI=1S/C8H16N2O3/c9-6(7(11)12)4-10-5-8(13)2-1-3-8/h6,10,13H,1-5,9H2,(H,11,12). The normalized spacial score (nSPS) is 22.0. The molecule has 13 heavy (non-hydrogen) atoms. The fourth-order valence-electron chi connectivity index (χ4n) is 1.31. The zero-order valence-electron chi connectivity index (χ0n) is 7.49. The van der Waals surface area contributed by atoms with Crippen molar-refractivity contribution in [2.75, 3.05) is 13.1 Å². The Labute approximate surface area is 76.9 Å². The summed E-state index contributed by atoms with van der Waals surface area (Å²) < 4.78 is 0. The molecule has 1 aliphatic rings. The van der Waals surface area contributed by atoms with Crippen LogP contribution in [0, 0.1) is 0 Å². The largest absolute Gasteiger partial charge is 0.480 e. The first kappa shape index (κ1) is 10.4. The van der Waals surface area contributed by atoms with Crippen molar-refractivity contribution in [3.63, 3.8) is 0 Å². The van der Waals surface area contributed by atoms with Crippen molar-refractivity contribution < 1.29 is 15.0 Å². The molecule has 1 rings (SSSR count). The number of carboxylic acid groups (broad SMARTS) is 1. The second kappa shape index (κ2) is 4.04. The molecule has 1 aliphatic carbocycles. The molecule has 0 radical (unpaired) electrons. The molecule has 0 aromatic rings. The van der Waals surface area contributed by atoms with Crippen LogP contribution in [0.1, 0.15) is 19.3 Å². The van der Waals surface area contributed by atoms with Gasteiger partial charge in [-0.3, -0.25) is 4.79 Å². The molecule has 5 N–H and O–H groups in total. The van der Waals surface area contributed by atoms with E-state index >= 15 is 0 Å². The molecule has 0 aliphatic heterocycles. The predicted molar refractivity (Wildman–Crippen MR) is 47.3 cm³/mol. The minimum atomic E-state index is -1.02. The second-order valence-corrected chi connectivity index (χ2v) is 3.65. The van der Waals surface area contributed by atoms with Gasteiger partial charge in [-0.1, -0.05) is 0 Å². The molecule has 76 valence electrons. The molecule has 0 amide bonds. The van der Waals surface area contributed by atoms with E-state index in [9.17, 15) is 9.90 Å². The Bertz CT molecular complexity index is 192. The molecule has 5 nitrogen and oxygen atoms in total. The van der Waals surface area contributed by atoms with E-state index in [-0.39, 0.29) is 6.54 Å². The fraction of sp³-hybridized carbons (Fsp3) is 0.875. The van der Waals surface area contributed by atoms with Crippen molar-refractivity contribution in [1.82, 2.24) is 5.32 Å². The molecule has 0 bridgehead atoms. The van der Waals surface area contributed by atoms with Crippen molar-refractivity contribution in [2.24, 2.45) is 5.73 Å². The Hall–Kier alpha value is -0.650. The van der Waals surface area contributed by atoms with E-state index in [1.807, 2.05) is 0 Å². The molecule has 5 heteroatoms. The van der Waals surface area contributed by atoms with Gasteiger partial charge in [0.05, 0.1) is 5.60 Å². The van der Waals surface area contributed by atoms with E-state index in [2.05, 4.69) is 5.32 Å². The fourth-order valence-corrected chi connectivity index (χ4v) is 1.31. The predicted octanol–water partition coefficient (Wildman–Crippen LogP) is -1.10. The maximum atomic E-state index is 10.3. The highest BCUT2D eigenvalue weighted by Gasteiger charge is 2.33. The number of nitrogens with one attached hydrogen (secondary N) is 1. The van der Waals surface area contributed by atoms with E-state index in [1.54, 1.807) is 0 Å². The van der Waals surface area contributed by atoms with Crippen molar-refractivity contribution in [2.45, 2.75) is 30.9 Å². The van der Waals surface area contributed by atoms with Crippen molar-refractivity contribution >= 4 is 5.97 Å². The van der Waals surface area contributed by atoms with Crippen LogP contribution in [0.5, 0.6) is 0 Å². The lowest BCUT2D eigenvalue weighted by Gasteiger charge is -2.36. The van der Waals surface area contributed by atoms with Gasteiger partial charge in [0.1, 0.15) is 6.04 Å². The molecule has 0 aromatic carbocycles. The minimum Gasteiger partial charge on any atom is -0.480 e. The van der Waals surface area contributed by atoms with Crippen molar-refractivity contribution in [1.29, 1.82) is 0 Å². The van der Waals surface area contributed by atoms with Crippen LogP contribution in [-0.4, -0.2) is 40.9 Å². The van der Waals surface area contributed by atoms with Gasteiger partial charge >= 0.3 is 5.97 Å². The van der Waals surface area contributed by atoms with Gasteiger partial charge in [-0.25, -0.2) is 0 Å². The van der Waals surface area contributed by atoms with Crippen molar-refractivity contribution in [3.05, 3.63) is 0 Å². The lowest BCUT2D eigenvalue weighted by Crippen LogP contribution is -2.50. The Kier molecular flexibility index (Phi) is 3.24. The molecule has 0 heterocycles. The second-order valence-electron chi connectivity index (χ2n) is 3.65. The van der Waals surface area contributed by atoms with E-state index in [0.29, 0.717) is 6.54 Å². The van der Waals surface area contributed by atoms with Crippen LogP contribution in [0.3, 0.4) is 0 Å². The van der Waals surface area contributed by atoms with Crippen LogP contribution < -0.4 is 11.1 Å². The summed E-state index contributed by atoms with van der Waals surface area (Å²) in [5, 5.41) is 20.9. The van der Waals surface area contributed by atoms with E-state index in [0.717, 1.165) is 19.3 Å². The summed E-state index contributed by atoms with van der Waals surface area (Å²) in [6.45, 7) is 0.644. The zero-order chi connectivity index (χ0) is 9.90. The average Bonchev–Trinajstić information content (AvgIpc) is 2.01. The van der Waals surface area contributed by atoms with Crippen molar-refractivity contribution in [3.8, 4) is 0 Å². The summed E-state index contributed by atoms with van der Waals surface area (Å²) in [6.07, 6.45) is 2.63. The SMILES string of the molecule is NC(CNCC1(O)CCC1)C(=O)O. The monoisotopic (exact) mass is 188 g/mol. The summed E-state index contributed by atoms with van der Waals surface area (Å²) in [5.41, 5.74) is 4.65. The lowest BCUT2D eigenvalue weighted by atomic mass is 9.80. The first-order valence-corrected chi connectivity index (χ1v) is 4.45. The van der Waals surface area contributed by atoms with Gasteiger partial charge < -0.3 is 21.3 Å². The van der Waals surface area contributed by atoms with E-state index in [1.165, 1.54) is 0 Å². The maximum absolute atomic E-state index is 10.3. The summed E-state index contributed by atoms with van der Waals surface area (Å²) in [6, 6.07) is -0.885. The number of rotatable bonds is 5. The molecule has 1 unspecified atom stereocenters. The lowest BCUT2D eigenvalue weighted by molar-refractivity contribution is -0.138. The van der Waals surface area contributed by atoms with Gasteiger partial charge in [-0.15, -0.1) is 0 Å². The molecule has 0 saturated heterocycles. The topological polar surface area (TPSA) is 95.6 Å². The third kappa shape index (κ3) is 2.95. The van der Waals surface area contributed by atoms with Gasteiger partial charge in [0.25, 0.3) is 0 Å². The summed E-state index contributed by atoms with van der Waals surface area (Å²) in [7, 11) is 0. The molecule has 1 atom stereocenters. The Balaban J connectivity index is 2.10. The van der Waals surface area contributed by atoms with Crippen LogP contribution in [0.4, 0.5) is 0 Å². The zero-order valence-corrected chi connectivity index (χ0v) is 7.49. The first-order valence-electron chi connectivity index (χ1n) is 4.45. The number of carboxylic acids is 1. The number of aliphatic carboxylic acids is 1. The highest BCUT2D eigenvalue weighted by atomic mass is 16.4. The summed E-state index contributed by atoms with van der Waals surface area (Å²) in [4.78, 5) is 10.3. The van der Waals surface area contributed by atoms with Crippen LogP contribution in [-0.2, 0) is 4.79 Å². The number of nitrogens with two attached hydrogens (primary N) is 1. The van der Waals surface area contributed by atoms with Gasteiger partial charge in [0.15, 0.2) is 0 Å². The third-order valence-electron chi connectivity index (χ3n) is 2.42. The van der Waals surface area contributed by atoms with Crippen LogP contribution in [0.2, 0.25) is 0 Å². The Morgan fingerprint density at radius 1 is 1.62 bits per heavy atom. The highest BCUT2D eigenvalue weighted by molar-refractivity contribution is 5.73. The number of hydrogen-bond donors (Lipinski definition) is 4. The van der Waals surface area contributed by atoms with Gasteiger partial charge in [0, 0.05) is 13.1 Å². The number of aliphatic hydroxyl groups is 1. The smallest absolute Gasteiger partial charge is 0.321 e. The van der Waals surface area contributed by atoms with Gasteiger partial charge in [-0.2, -0.15) is 0 Å². The Morgan fingerprint density at radius 3 is 2.62 bits per heavy atom. The summed E-state index contributed by atoms with van der Waals surface area (Å²) >= 11 is 0. The third-order valence-corrected chi connectivity index (χ3v) is 2.42. The van der Waals surface area contributed by atoms with E-state index < -0.39 is 17.6 Å². The highest BCUT2D eigenvalue weighted by Crippen LogP contribution is 2.30. The first-order chi connectivity index (χ1) is 6.03. The molecule has 1 fully saturated rings. The van der Waals surface area contributed by atoms with Crippen LogP contribution in [0.25, 0.3) is 0 Å². The van der Waals surface area contributed by atoms with Crippen LogP contribution >= 0.6 is 0 Å². The number of hydrogen-bond acceptors (Lipinski definition) is 4. The van der Waals surface area contributed by atoms with Crippen LogP contribution in [0.15, 0.2) is 0 Å². The molecule has 0 spiro atoms. The molecular weight excluding hydrogens is 172 g/mol. The van der Waals surface area contributed by atoms with E-state index in [4.69, 9.17) is 10.8 Å². The van der Waals surface area contributed by atoms with Gasteiger partial charge in [-0.05, 0) is 19.3 Å². The Morgan fingerprint density at radius 2 is 2.23 bits per heavy atom. The quantitative estimate of drug-likeness (QED) is 0.439. The maximum Gasteiger partial charge on any atom is 0.321 e. The summed E-state index contributed by atoms with van der Waals surface area (Å²) in [5.74, 6) is -1.02. The molecule has 0 aromatic heterocycles.